The van der Waals surface area contributed by atoms with Crippen LogP contribution in [-0.4, -0.2) is 98.3 Å². The molecule has 1 aliphatic carbocycles. The van der Waals surface area contributed by atoms with E-state index in [1.54, 1.807) is 19.1 Å². The van der Waals surface area contributed by atoms with Gasteiger partial charge in [0.1, 0.15) is 43.2 Å². The second kappa shape index (κ2) is 23.0. The molecule has 45 heavy (non-hydrogen) atoms. The van der Waals surface area contributed by atoms with Gasteiger partial charge in [-0.05, 0) is 38.5 Å². The Hall–Kier alpha value is -2.45. The molecule has 0 spiro atoms. The molecule has 0 radical (unpaired) electrons. The van der Waals surface area contributed by atoms with Gasteiger partial charge in [-0.25, -0.2) is 4.57 Å². The quantitative estimate of drug-likeness (QED) is 0.0595. The van der Waals surface area contributed by atoms with Crippen molar-refractivity contribution < 1.29 is 63.1 Å². The molecule has 256 valence electrons. The zero-order chi connectivity index (χ0) is 33.7. The summed E-state index contributed by atoms with van der Waals surface area (Å²) in [5.74, 6) is -1.32. The van der Waals surface area contributed by atoms with Crippen molar-refractivity contribution in [2.24, 2.45) is 0 Å². The Kier molecular flexibility index (Phi) is 20.7. The summed E-state index contributed by atoms with van der Waals surface area (Å²) in [5, 5.41) is 49.3. The highest BCUT2D eigenvalue weighted by Gasteiger charge is 2.51. The van der Waals surface area contributed by atoms with Crippen LogP contribution >= 0.6 is 7.82 Å². The Morgan fingerprint density at radius 1 is 0.689 bits per heavy atom. The molecule has 1 fully saturated rings. The van der Waals surface area contributed by atoms with Crippen molar-refractivity contribution in [1.29, 1.82) is 0 Å². The number of hydrogen-bond acceptors (Lipinski definition) is 12. The molecule has 0 amide bonds. The summed E-state index contributed by atoms with van der Waals surface area (Å²) in [4.78, 5) is 34.3. The first-order valence-corrected chi connectivity index (χ1v) is 16.6. The van der Waals surface area contributed by atoms with Gasteiger partial charge in [0.25, 0.3) is 0 Å². The first-order valence-electron chi connectivity index (χ1n) is 15.1. The number of allylic oxidation sites excluding steroid dienone is 9. The van der Waals surface area contributed by atoms with E-state index >= 15 is 0 Å². The third-order valence-corrected chi connectivity index (χ3v) is 7.36. The van der Waals surface area contributed by atoms with Crippen LogP contribution < -0.4 is 0 Å². The predicted octanol–water partition coefficient (Wildman–Crippen LogP) is 2.70. The van der Waals surface area contributed by atoms with Crippen LogP contribution in [0.4, 0.5) is 0 Å². The van der Waals surface area contributed by atoms with Crippen LogP contribution in [0, 0.1) is 0 Å². The Morgan fingerprint density at radius 2 is 1.16 bits per heavy atom. The van der Waals surface area contributed by atoms with E-state index in [-0.39, 0.29) is 12.8 Å². The van der Waals surface area contributed by atoms with E-state index in [9.17, 15) is 44.6 Å². The van der Waals surface area contributed by atoms with Gasteiger partial charge in [0.2, 0.25) is 0 Å². The fourth-order valence-corrected chi connectivity index (χ4v) is 4.90. The highest BCUT2D eigenvalue weighted by molar-refractivity contribution is 7.47. The van der Waals surface area contributed by atoms with Gasteiger partial charge in [-0.15, -0.1) is 0 Å². The number of aliphatic hydroxyl groups is 5. The lowest BCUT2D eigenvalue weighted by atomic mass is 9.85. The largest absolute Gasteiger partial charge is 0.472 e. The highest BCUT2D eigenvalue weighted by Crippen LogP contribution is 2.47. The van der Waals surface area contributed by atoms with Crippen LogP contribution in [0.15, 0.2) is 60.8 Å². The summed E-state index contributed by atoms with van der Waals surface area (Å²) in [7, 11) is -5.11. The molecule has 6 atom stereocenters. The maximum absolute atomic E-state index is 12.5. The van der Waals surface area contributed by atoms with Gasteiger partial charge in [-0.1, -0.05) is 74.6 Å². The molecule has 14 heteroatoms. The van der Waals surface area contributed by atoms with Crippen LogP contribution in [0.5, 0.6) is 0 Å². The predicted molar refractivity (Wildman–Crippen MR) is 166 cm³/mol. The van der Waals surface area contributed by atoms with Crippen molar-refractivity contribution in [2.45, 2.75) is 108 Å². The van der Waals surface area contributed by atoms with Gasteiger partial charge in [-0.3, -0.25) is 18.6 Å². The number of carbonyl (C=O) groups excluding carboxylic acids is 2. The molecule has 1 saturated carbocycles. The lowest BCUT2D eigenvalue weighted by Crippen LogP contribution is -2.64. The van der Waals surface area contributed by atoms with Crippen molar-refractivity contribution in [3.05, 3.63) is 60.8 Å². The van der Waals surface area contributed by atoms with Gasteiger partial charge in [0, 0.05) is 6.42 Å². The minimum absolute atomic E-state index is 0.0944. The molecule has 0 saturated heterocycles. The van der Waals surface area contributed by atoms with Crippen molar-refractivity contribution in [1.82, 2.24) is 0 Å². The number of hydrogen-bond donors (Lipinski definition) is 6. The first-order chi connectivity index (χ1) is 21.4. The van der Waals surface area contributed by atoms with Crippen LogP contribution in [0.25, 0.3) is 0 Å². The molecule has 6 unspecified atom stereocenters. The summed E-state index contributed by atoms with van der Waals surface area (Å²) < 4.78 is 32.4. The summed E-state index contributed by atoms with van der Waals surface area (Å²) in [5.41, 5.74) is 0. The number of aliphatic hydroxyl groups excluding tert-OH is 5. The van der Waals surface area contributed by atoms with E-state index in [0.29, 0.717) is 12.8 Å². The lowest BCUT2D eigenvalue weighted by molar-refractivity contribution is -0.220. The van der Waals surface area contributed by atoms with Gasteiger partial charge in [0.15, 0.2) is 6.10 Å². The van der Waals surface area contributed by atoms with E-state index in [1.165, 1.54) is 0 Å². The molecule has 0 aromatic heterocycles. The molecular formula is C31H49O13P. The minimum Gasteiger partial charge on any atom is -0.462 e. The standard InChI is InChI=1S/C31H49O13P/c1-3-5-6-7-8-9-10-11-12-13-14-15-16-17-18-20-25(33)43-23(21-41-24(32)19-4-2)22-42-45(39,40)44-31-29(37)27(35)26(34)28(36)30(31)38/h5-6,8-9,11-12,14-15,17-18,23,26-31,34-38H,3-4,7,10,13,16,19-22H2,1-2H3,(H,39,40)/b6-5-,9-8-,12-11-,15-14-,18-17-. The van der Waals surface area contributed by atoms with E-state index < -0.39 is 75.7 Å². The summed E-state index contributed by atoms with van der Waals surface area (Å²) in [6.07, 6.45) is 11.3. The van der Waals surface area contributed by atoms with E-state index in [2.05, 4.69) is 43.4 Å². The van der Waals surface area contributed by atoms with Crippen molar-refractivity contribution in [2.75, 3.05) is 13.2 Å². The number of phosphoric ester groups is 1. The number of ether oxygens (including phenoxy) is 2. The number of esters is 2. The molecule has 1 aliphatic rings. The molecule has 13 nitrogen and oxygen atoms in total. The monoisotopic (exact) mass is 660 g/mol. The smallest absolute Gasteiger partial charge is 0.462 e. The van der Waals surface area contributed by atoms with Crippen LogP contribution in [0.3, 0.4) is 0 Å². The zero-order valence-electron chi connectivity index (χ0n) is 25.9. The second-order valence-corrected chi connectivity index (χ2v) is 11.7. The summed E-state index contributed by atoms with van der Waals surface area (Å²) in [6.45, 7) is 2.58. The molecule has 0 aliphatic heterocycles. The molecule has 6 N–H and O–H groups in total. The second-order valence-electron chi connectivity index (χ2n) is 10.2. The maximum atomic E-state index is 12.5. The van der Waals surface area contributed by atoms with E-state index in [4.69, 9.17) is 18.5 Å². The molecule has 0 bridgehead atoms. The van der Waals surface area contributed by atoms with Crippen LogP contribution in [0.1, 0.15) is 65.2 Å². The third kappa shape index (κ3) is 17.2. The Morgan fingerprint density at radius 3 is 1.64 bits per heavy atom. The van der Waals surface area contributed by atoms with Crippen molar-refractivity contribution in [3.8, 4) is 0 Å². The Balaban J connectivity index is 2.57. The van der Waals surface area contributed by atoms with E-state index in [1.807, 2.05) is 12.2 Å². The van der Waals surface area contributed by atoms with Gasteiger partial charge in [0.05, 0.1) is 13.0 Å². The van der Waals surface area contributed by atoms with Gasteiger partial charge < -0.3 is 39.9 Å². The third-order valence-electron chi connectivity index (χ3n) is 6.38. The minimum atomic E-state index is -5.11. The first kappa shape index (κ1) is 40.6. The number of rotatable bonds is 21. The van der Waals surface area contributed by atoms with Crippen molar-refractivity contribution >= 4 is 19.8 Å². The lowest BCUT2D eigenvalue weighted by Gasteiger charge is -2.41. The fraction of sp³-hybridized carbons (Fsp3) is 0.613. The molecule has 0 aromatic rings. The average Bonchev–Trinajstić information content (AvgIpc) is 3.00. The Labute approximate surface area is 264 Å². The van der Waals surface area contributed by atoms with Crippen LogP contribution in [0.2, 0.25) is 0 Å². The fourth-order valence-electron chi connectivity index (χ4n) is 3.93. The number of phosphoric acid groups is 1. The topological polar surface area (TPSA) is 210 Å². The average molecular weight is 661 g/mol. The molecule has 0 aromatic carbocycles. The summed E-state index contributed by atoms with van der Waals surface area (Å²) in [6, 6.07) is 0. The van der Waals surface area contributed by atoms with Gasteiger partial charge in [-0.2, -0.15) is 0 Å². The SMILES string of the molecule is CC/C=C\C/C=C\C/C=C\C/C=C\C/C=C\CC(=O)OC(COC(=O)CCC)COP(=O)(O)OC1C(O)C(O)C(O)C(O)C1O. The molecular weight excluding hydrogens is 611 g/mol. The number of carbonyl (C=O) groups is 2. The van der Waals surface area contributed by atoms with E-state index in [0.717, 1.165) is 25.7 Å². The van der Waals surface area contributed by atoms with Crippen LogP contribution in [-0.2, 0) is 32.7 Å². The maximum Gasteiger partial charge on any atom is 0.472 e. The molecule has 1 rings (SSSR count). The zero-order valence-corrected chi connectivity index (χ0v) is 26.8. The Bertz CT molecular complexity index is 1040. The van der Waals surface area contributed by atoms with Crippen molar-refractivity contribution in [3.63, 3.8) is 0 Å². The van der Waals surface area contributed by atoms with Gasteiger partial charge >= 0.3 is 19.8 Å². The summed E-state index contributed by atoms with van der Waals surface area (Å²) >= 11 is 0. The molecule has 0 heterocycles. The highest BCUT2D eigenvalue weighted by atomic mass is 31.2. The normalized spacial score (nSPS) is 26.3.